The molecule has 0 N–H and O–H groups in total. The molecule has 0 saturated heterocycles. The molecule has 1 aromatic carbocycles. The lowest BCUT2D eigenvalue weighted by molar-refractivity contribution is -0.273. The second kappa shape index (κ2) is 6.28. The first-order valence-corrected chi connectivity index (χ1v) is 5.92. The molecular formula is C13H14F5NO2. The number of hydrogen-bond donors (Lipinski definition) is 0. The number of halogens is 5. The average molecular weight is 311 g/mol. The van der Waals surface area contributed by atoms with Crippen molar-refractivity contribution in [3.8, 4) is 5.75 Å². The van der Waals surface area contributed by atoms with E-state index in [-0.39, 0.29) is 13.0 Å². The van der Waals surface area contributed by atoms with Crippen molar-refractivity contribution in [1.29, 1.82) is 0 Å². The van der Waals surface area contributed by atoms with Crippen molar-refractivity contribution in [3.05, 3.63) is 29.8 Å². The molecule has 1 rings (SSSR count). The number of benzene rings is 1. The van der Waals surface area contributed by atoms with Gasteiger partial charge in [-0.3, -0.25) is 4.79 Å². The quantitative estimate of drug-likeness (QED) is 0.783. The number of hydrogen-bond acceptors (Lipinski definition) is 2. The van der Waals surface area contributed by atoms with E-state index in [0.717, 1.165) is 7.05 Å². The Bertz CT molecular complexity index is 484. The van der Waals surface area contributed by atoms with Crippen LogP contribution in [0, 0.1) is 0 Å². The largest absolute Gasteiger partial charge is 0.497 e. The van der Waals surface area contributed by atoms with E-state index in [2.05, 4.69) is 0 Å². The van der Waals surface area contributed by atoms with Crippen LogP contribution in [0.15, 0.2) is 24.3 Å². The van der Waals surface area contributed by atoms with Crippen LogP contribution in [0.5, 0.6) is 5.75 Å². The highest BCUT2D eigenvalue weighted by molar-refractivity contribution is 5.84. The second-order valence-corrected chi connectivity index (χ2v) is 4.40. The highest BCUT2D eigenvalue weighted by Crippen LogP contribution is 2.36. The van der Waals surface area contributed by atoms with Gasteiger partial charge >= 0.3 is 18.0 Å². The zero-order valence-corrected chi connectivity index (χ0v) is 11.4. The SMILES string of the molecule is COc1ccc(CCN(C)C(=O)C(F)(F)C(F)(F)F)cc1. The topological polar surface area (TPSA) is 29.5 Å². The van der Waals surface area contributed by atoms with E-state index in [1.165, 1.54) is 7.11 Å². The smallest absolute Gasteiger partial charge is 0.463 e. The Balaban J connectivity index is 2.64. The molecule has 0 bridgehead atoms. The van der Waals surface area contributed by atoms with Crippen LogP contribution in [-0.4, -0.2) is 43.6 Å². The first-order chi connectivity index (χ1) is 9.59. The molecule has 0 fully saturated rings. The molecule has 0 heterocycles. The summed E-state index contributed by atoms with van der Waals surface area (Å²) in [6.07, 6.45) is -5.74. The minimum atomic E-state index is -5.89. The number of amides is 1. The van der Waals surface area contributed by atoms with Gasteiger partial charge in [0.25, 0.3) is 0 Å². The molecule has 0 spiro atoms. The molecular weight excluding hydrogens is 297 g/mol. The first kappa shape index (κ1) is 17.2. The van der Waals surface area contributed by atoms with Crippen LogP contribution in [0.3, 0.4) is 0 Å². The molecule has 1 amide bonds. The Labute approximate surface area is 118 Å². The lowest BCUT2D eigenvalue weighted by atomic mass is 10.1. The van der Waals surface area contributed by atoms with Gasteiger partial charge in [-0.05, 0) is 24.1 Å². The fourth-order valence-corrected chi connectivity index (χ4v) is 1.55. The van der Waals surface area contributed by atoms with Crippen LogP contribution in [0.2, 0.25) is 0 Å². The summed E-state index contributed by atoms with van der Waals surface area (Å²) in [5, 5.41) is 0. The number of ether oxygens (including phenoxy) is 1. The maximum absolute atomic E-state index is 12.9. The van der Waals surface area contributed by atoms with Crippen molar-refractivity contribution in [1.82, 2.24) is 4.90 Å². The van der Waals surface area contributed by atoms with E-state index in [4.69, 9.17) is 4.74 Å². The molecule has 0 aliphatic heterocycles. The van der Waals surface area contributed by atoms with Gasteiger partial charge in [0.2, 0.25) is 0 Å². The Morgan fingerprint density at radius 2 is 1.67 bits per heavy atom. The lowest BCUT2D eigenvalue weighted by Crippen LogP contribution is -2.51. The van der Waals surface area contributed by atoms with Crippen molar-refractivity contribution in [2.45, 2.75) is 18.5 Å². The molecule has 3 nitrogen and oxygen atoms in total. The minimum Gasteiger partial charge on any atom is -0.497 e. The van der Waals surface area contributed by atoms with Crippen molar-refractivity contribution < 1.29 is 31.5 Å². The summed E-state index contributed by atoms with van der Waals surface area (Å²) in [6.45, 7) is -0.253. The summed E-state index contributed by atoms with van der Waals surface area (Å²) in [6, 6.07) is 6.53. The fraction of sp³-hybridized carbons (Fsp3) is 0.462. The van der Waals surface area contributed by atoms with Crippen LogP contribution < -0.4 is 4.74 Å². The van der Waals surface area contributed by atoms with Crippen molar-refractivity contribution in [2.75, 3.05) is 20.7 Å². The zero-order chi connectivity index (χ0) is 16.3. The van der Waals surface area contributed by atoms with Crippen LogP contribution in [0.1, 0.15) is 5.56 Å². The number of alkyl halides is 5. The summed E-state index contributed by atoms with van der Waals surface area (Å²) < 4.78 is 66.9. The molecule has 0 unspecified atom stereocenters. The van der Waals surface area contributed by atoms with Crippen LogP contribution in [0.25, 0.3) is 0 Å². The van der Waals surface area contributed by atoms with Gasteiger partial charge in [0.15, 0.2) is 0 Å². The molecule has 8 heteroatoms. The maximum Gasteiger partial charge on any atom is 0.463 e. The van der Waals surface area contributed by atoms with Gasteiger partial charge in [-0.25, -0.2) is 0 Å². The molecule has 0 aromatic heterocycles. The fourth-order valence-electron chi connectivity index (χ4n) is 1.55. The Kier molecular flexibility index (Phi) is 5.14. The van der Waals surface area contributed by atoms with Gasteiger partial charge in [0, 0.05) is 13.6 Å². The minimum absolute atomic E-state index is 0.153. The van der Waals surface area contributed by atoms with E-state index >= 15 is 0 Å². The summed E-state index contributed by atoms with van der Waals surface area (Å²) >= 11 is 0. The monoisotopic (exact) mass is 311 g/mol. The maximum atomic E-state index is 12.9. The summed E-state index contributed by atoms with van der Waals surface area (Å²) in [5.41, 5.74) is 0.686. The van der Waals surface area contributed by atoms with E-state index in [1.807, 2.05) is 0 Å². The first-order valence-electron chi connectivity index (χ1n) is 5.92. The molecule has 0 atom stereocenters. The highest BCUT2D eigenvalue weighted by Gasteiger charge is 2.64. The molecule has 21 heavy (non-hydrogen) atoms. The molecule has 0 aliphatic carbocycles. The Morgan fingerprint density at radius 1 is 1.14 bits per heavy atom. The summed E-state index contributed by atoms with van der Waals surface area (Å²) in [7, 11) is 2.38. The molecule has 1 aromatic rings. The molecule has 118 valence electrons. The van der Waals surface area contributed by atoms with E-state index in [9.17, 15) is 26.7 Å². The predicted molar refractivity (Wildman–Crippen MR) is 65.3 cm³/mol. The van der Waals surface area contributed by atoms with E-state index in [0.29, 0.717) is 16.2 Å². The Hall–Kier alpha value is -1.86. The molecule has 0 aliphatic rings. The number of likely N-dealkylation sites (N-methyl/N-ethyl adjacent to an activating group) is 1. The third-order valence-corrected chi connectivity index (χ3v) is 2.87. The number of carbonyl (C=O) groups excluding carboxylic acids is 1. The zero-order valence-electron chi connectivity index (χ0n) is 11.4. The van der Waals surface area contributed by atoms with Crippen LogP contribution in [0.4, 0.5) is 22.0 Å². The van der Waals surface area contributed by atoms with Gasteiger partial charge in [-0.15, -0.1) is 0 Å². The molecule has 0 saturated carbocycles. The van der Waals surface area contributed by atoms with Gasteiger partial charge < -0.3 is 9.64 Å². The number of carbonyl (C=O) groups is 1. The highest BCUT2D eigenvalue weighted by atomic mass is 19.4. The summed E-state index contributed by atoms with van der Waals surface area (Å²) in [4.78, 5) is 11.5. The van der Waals surface area contributed by atoms with Crippen molar-refractivity contribution in [2.24, 2.45) is 0 Å². The molecule has 0 radical (unpaired) electrons. The average Bonchev–Trinajstić information content (AvgIpc) is 2.43. The summed E-state index contributed by atoms with van der Waals surface area (Å²) in [5.74, 6) is -7.04. The number of rotatable bonds is 5. The lowest BCUT2D eigenvalue weighted by Gasteiger charge is -2.24. The predicted octanol–water partition coefficient (Wildman–Crippen LogP) is 2.89. The van der Waals surface area contributed by atoms with E-state index < -0.39 is 18.0 Å². The Morgan fingerprint density at radius 3 is 2.10 bits per heavy atom. The van der Waals surface area contributed by atoms with E-state index in [1.54, 1.807) is 24.3 Å². The van der Waals surface area contributed by atoms with Crippen molar-refractivity contribution >= 4 is 5.91 Å². The van der Waals surface area contributed by atoms with Crippen LogP contribution >= 0.6 is 0 Å². The van der Waals surface area contributed by atoms with Gasteiger partial charge in [-0.1, -0.05) is 12.1 Å². The third kappa shape index (κ3) is 4.05. The number of methoxy groups -OCH3 is 1. The second-order valence-electron chi connectivity index (χ2n) is 4.40. The van der Waals surface area contributed by atoms with Gasteiger partial charge in [0.1, 0.15) is 5.75 Å². The van der Waals surface area contributed by atoms with Gasteiger partial charge in [0.05, 0.1) is 7.11 Å². The van der Waals surface area contributed by atoms with Crippen molar-refractivity contribution in [3.63, 3.8) is 0 Å². The van der Waals surface area contributed by atoms with Gasteiger partial charge in [-0.2, -0.15) is 22.0 Å². The standard InChI is InChI=1S/C13H14F5NO2/c1-19(11(20)12(14,15)13(16,17)18)8-7-9-3-5-10(21-2)6-4-9/h3-6H,7-8H2,1-2H3. The third-order valence-electron chi connectivity index (χ3n) is 2.87. The number of nitrogens with zero attached hydrogens (tertiary/aromatic N) is 1. The van der Waals surface area contributed by atoms with Crippen LogP contribution in [-0.2, 0) is 11.2 Å². The normalized spacial score (nSPS) is 12.1.